The van der Waals surface area contributed by atoms with Crippen LogP contribution in [0.25, 0.3) is 11.3 Å². The number of nitrogens with zero attached hydrogens (tertiary/aromatic N) is 3. The first-order valence-electron chi connectivity index (χ1n) is 13.5. The maximum absolute atomic E-state index is 4.98. The van der Waals surface area contributed by atoms with Crippen molar-refractivity contribution in [3.8, 4) is 11.3 Å². The van der Waals surface area contributed by atoms with Crippen molar-refractivity contribution in [2.24, 2.45) is 0 Å². The first-order chi connectivity index (χ1) is 18.7. The molecule has 0 saturated carbocycles. The van der Waals surface area contributed by atoms with E-state index in [4.69, 9.17) is 4.98 Å². The molecule has 0 bridgehead atoms. The van der Waals surface area contributed by atoms with Crippen molar-refractivity contribution in [1.29, 1.82) is 0 Å². The van der Waals surface area contributed by atoms with Crippen molar-refractivity contribution >= 4 is 51.0 Å². The third-order valence-corrected chi connectivity index (χ3v) is 19.9. The molecule has 4 nitrogen and oxygen atoms in total. The Kier molecular flexibility index (Phi) is 6.13. The molecule has 0 amide bonds. The average molecular weight is 575 g/mol. The summed E-state index contributed by atoms with van der Waals surface area (Å²) in [7, 11) is 0. The molecule has 5 aromatic rings. The first-order valence-corrected chi connectivity index (χ1v) is 19.3. The standard InChI is InChI=1S/C32H30GeN4S/c1-23-20-27(36-35-23)24-10-9-11-26(21-24)37-28-12-3-4-13-30(28)38-31-16-15-25(22-29(31)37)33(17-6-2-7-18-33)32-14-5-8-19-34-32/h3-5,8-16,19-22H,2,6-7,17-18H2,1H3,(H,35,36). The number of benzene rings is 3. The summed E-state index contributed by atoms with van der Waals surface area (Å²) in [5, 5.41) is 10.3. The molecule has 6 heteroatoms. The summed E-state index contributed by atoms with van der Waals surface area (Å²) in [6, 6.07) is 33.6. The third-order valence-electron chi connectivity index (χ3n) is 8.05. The number of anilines is 3. The second-order valence-electron chi connectivity index (χ2n) is 10.4. The molecule has 3 aromatic carbocycles. The zero-order valence-electron chi connectivity index (χ0n) is 21.5. The SMILES string of the molecule is Cc1cc(-c2cccc(N3c4ccccc4Sc4cc[c]([Ge]5([c]6ccccn6)[CH2]CCC[CH2]5)cc43)c2)n[nH]1. The van der Waals surface area contributed by atoms with Crippen LogP contribution in [0.1, 0.15) is 25.0 Å². The van der Waals surface area contributed by atoms with Gasteiger partial charge in [0.2, 0.25) is 0 Å². The van der Waals surface area contributed by atoms with Crippen molar-refractivity contribution in [3.63, 3.8) is 0 Å². The summed E-state index contributed by atoms with van der Waals surface area (Å²) in [4.78, 5) is 10.0. The topological polar surface area (TPSA) is 44.8 Å². The minimum absolute atomic E-state index is 0.976. The fourth-order valence-electron chi connectivity index (χ4n) is 6.19. The molecule has 1 saturated heterocycles. The number of pyridine rings is 1. The second kappa shape index (κ2) is 9.79. The molecule has 0 aliphatic carbocycles. The van der Waals surface area contributed by atoms with E-state index in [1.807, 2.05) is 24.9 Å². The number of aryl methyl sites for hydroxylation is 1. The van der Waals surface area contributed by atoms with Gasteiger partial charge in [-0.25, -0.2) is 0 Å². The molecule has 7 rings (SSSR count). The molecular formula is C32H30GeN4S. The molecule has 2 aromatic heterocycles. The van der Waals surface area contributed by atoms with E-state index in [1.54, 1.807) is 4.40 Å². The number of fused-ring (bicyclic) bond motifs is 2. The summed E-state index contributed by atoms with van der Waals surface area (Å²) in [6.45, 7) is 2.05. The minimum atomic E-state index is -2.60. The van der Waals surface area contributed by atoms with Gasteiger partial charge in [-0.2, -0.15) is 0 Å². The Balaban J connectivity index is 1.40. The number of hydrogen-bond donors (Lipinski definition) is 1. The van der Waals surface area contributed by atoms with Gasteiger partial charge in [-0.05, 0) is 0 Å². The fraction of sp³-hybridized carbons (Fsp3) is 0.188. The molecule has 1 N–H and O–H groups in total. The van der Waals surface area contributed by atoms with Crippen LogP contribution in [-0.4, -0.2) is 28.4 Å². The van der Waals surface area contributed by atoms with Gasteiger partial charge in [-0.1, -0.05) is 0 Å². The van der Waals surface area contributed by atoms with E-state index in [9.17, 15) is 0 Å². The van der Waals surface area contributed by atoms with Gasteiger partial charge in [0.15, 0.2) is 0 Å². The monoisotopic (exact) mass is 576 g/mol. The van der Waals surface area contributed by atoms with Crippen molar-refractivity contribution in [1.82, 2.24) is 15.2 Å². The fourth-order valence-corrected chi connectivity index (χ4v) is 17.5. The Hall–Kier alpha value is -3.29. The predicted octanol–water partition coefficient (Wildman–Crippen LogP) is 7.46. The number of aromatic amines is 1. The van der Waals surface area contributed by atoms with E-state index < -0.39 is 13.3 Å². The molecule has 2 aliphatic rings. The zero-order chi connectivity index (χ0) is 25.5. The van der Waals surface area contributed by atoms with E-state index in [1.165, 1.54) is 55.5 Å². The molecule has 0 radical (unpaired) electrons. The molecule has 2 aliphatic heterocycles. The molecule has 1 fully saturated rings. The van der Waals surface area contributed by atoms with Crippen molar-refractivity contribution in [2.45, 2.75) is 46.5 Å². The van der Waals surface area contributed by atoms with Crippen LogP contribution in [-0.2, 0) is 0 Å². The van der Waals surface area contributed by atoms with Crippen molar-refractivity contribution in [2.75, 3.05) is 4.90 Å². The van der Waals surface area contributed by atoms with Crippen LogP contribution < -0.4 is 13.8 Å². The summed E-state index contributed by atoms with van der Waals surface area (Å²) in [6.07, 6.45) is 5.98. The summed E-state index contributed by atoms with van der Waals surface area (Å²) in [5.74, 6) is 0. The van der Waals surface area contributed by atoms with Gasteiger partial charge in [0.05, 0.1) is 0 Å². The molecule has 188 valence electrons. The van der Waals surface area contributed by atoms with Crippen LogP contribution >= 0.6 is 11.8 Å². The first kappa shape index (κ1) is 23.8. The summed E-state index contributed by atoms with van der Waals surface area (Å²) in [5.41, 5.74) is 6.85. The Morgan fingerprint density at radius 1 is 0.789 bits per heavy atom. The van der Waals surface area contributed by atoms with Crippen LogP contribution in [0.2, 0.25) is 10.5 Å². The van der Waals surface area contributed by atoms with Gasteiger partial charge >= 0.3 is 232 Å². The van der Waals surface area contributed by atoms with Crippen molar-refractivity contribution < 1.29 is 0 Å². The van der Waals surface area contributed by atoms with Gasteiger partial charge in [0, 0.05) is 0 Å². The molecule has 4 heterocycles. The van der Waals surface area contributed by atoms with Crippen LogP contribution in [0, 0.1) is 6.92 Å². The van der Waals surface area contributed by atoms with E-state index in [2.05, 4.69) is 106 Å². The number of nitrogens with one attached hydrogen (secondary N) is 1. The number of aromatic nitrogens is 3. The number of para-hydroxylation sites is 1. The number of rotatable bonds is 4. The Bertz CT molecular complexity index is 1610. The predicted molar refractivity (Wildman–Crippen MR) is 160 cm³/mol. The molecule has 0 unspecified atom stereocenters. The van der Waals surface area contributed by atoms with Crippen LogP contribution in [0.5, 0.6) is 0 Å². The molecule has 0 atom stereocenters. The quantitative estimate of drug-likeness (QED) is 0.222. The van der Waals surface area contributed by atoms with Crippen molar-refractivity contribution in [3.05, 3.63) is 103 Å². The van der Waals surface area contributed by atoms with Crippen LogP contribution in [0.4, 0.5) is 17.1 Å². The molecule has 0 spiro atoms. The average Bonchev–Trinajstić information content (AvgIpc) is 3.43. The second-order valence-corrected chi connectivity index (χ2v) is 20.4. The van der Waals surface area contributed by atoms with Gasteiger partial charge < -0.3 is 0 Å². The number of hydrogen-bond acceptors (Lipinski definition) is 4. The van der Waals surface area contributed by atoms with E-state index in [0.717, 1.165) is 22.6 Å². The Morgan fingerprint density at radius 2 is 1.63 bits per heavy atom. The molecular weight excluding hydrogens is 545 g/mol. The van der Waals surface area contributed by atoms with Gasteiger partial charge in [0.25, 0.3) is 0 Å². The summed E-state index contributed by atoms with van der Waals surface area (Å²) >= 11 is -0.720. The van der Waals surface area contributed by atoms with Crippen LogP contribution in [0.3, 0.4) is 0 Å². The summed E-state index contributed by atoms with van der Waals surface area (Å²) < 4.78 is 2.95. The number of H-pyrrole nitrogens is 1. The van der Waals surface area contributed by atoms with Gasteiger partial charge in [0.1, 0.15) is 0 Å². The Labute approximate surface area is 230 Å². The van der Waals surface area contributed by atoms with Gasteiger partial charge in [-0.3, -0.25) is 0 Å². The zero-order valence-corrected chi connectivity index (χ0v) is 24.4. The van der Waals surface area contributed by atoms with Crippen LogP contribution in [0.15, 0.2) is 107 Å². The third kappa shape index (κ3) is 4.09. The van der Waals surface area contributed by atoms with Gasteiger partial charge in [-0.15, -0.1) is 0 Å². The maximum atomic E-state index is 4.98. The Morgan fingerprint density at radius 3 is 2.45 bits per heavy atom. The molecule has 38 heavy (non-hydrogen) atoms. The van der Waals surface area contributed by atoms with E-state index in [-0.39, 0.29) is 0 Å². The van der Waals surface area contributed by atoms with E-state index >= 15 is 0 Å². The normalized spacial score (nSPS) is 16.1. The van der Waals surface area contributed by atoms with E-state index in [0.29, 0.717) is 0 Å².